The van der Waals surface area contributed by atoms with Crippen LogP contribution in [0.3, 0.4) is 0 Å². The Hall–Kier alpha value is -3.29. The molecule has 1 aromatic heterocycles. The fourth-order valence-electron chi connectivity index (χ4n) is 3.24. The Morgan fingerprint density at radius 1 is 0.933 bits per heavy atom. The summed E-state index contributed by atoms with van der Waals surface area (Å²) in [6.07, 6.45) is 0. The molecule has 3 aromatic rings. The SMILES string of the molecule is COc1ccc(Cl)cc1NC1=C(c2cccs2)C(=O)N(c2ccccc2OC)C1=O. The van der Waals surface area contributed by atoms with Gasteiger partial charge in [0, 0.05) is 9.90 Å². The smallest absolute Gasteiger partial charge is 0.282 e. The number of hydrogen-bond acceptors (Lipinski definition) is 6. The maximum absolute atomic E-state index is 13.4. The first-order valence-electron chi connectivity index (χ1n) is 8.95. The van der Waals surface area contributed by atoms with E-state index in [1.165, 1.54) is 25.6 Å². The van der Waals surface area contributed by atoms with Gasteiger partial charge in [0.15, 0.2) is 0 Å². The summed E-state index contributed by atoms with van der Waals surface area (Å²) in [6, 6.07) is 15.5. The summed E-state index contributed by atoms with van der Waals surface area (Å²) in [5.74, 6) is -0.00916. The number of anilines is 2. The van der Waals surface area contributed by atoms with Crippen molar-refractivity contribution in [3.05, 3.63) is 75.6 Å². The van der Waals surface area contributed by atoms with Gasteiger partial charge in [0.25, 0.3) is 11.8 Å². The Kier molecular flexibility index (Phi) is 5.48. The number of amides is 2. The van der Waals surface area contributed by atoms with E-state index in [1.807, 2.05) is 11.4 Å². The van der Waals surface area contributed by atoms with Gasteiger partial charge in [0.1, 0.15) is 17.2 Å². The van der Waals surface area contributed by atoms with Gasteiger partial charge in [0.05, 0.1) is 31.2 Å². The maximum Gasteiger partial charge on any atom is 0.282 e. The van der Waals surface area contributed by atoms with Crippen LogP contribution in [-0.2, 0) is 9.59 Å². The average Bonchev–Trinajstić information content (AvgIpc) is 3.35. The lowest BCUT2D eigenvalue weighted by Gasteiger charge is -2.18. The number of halogens is 1. The number of hydrogen-bond donors (Lipinski definition) is 1. The molecule has 0 atom stereocenters. The molecule has 8 heteroatoms. The number of para-hydroxylation sites is 2. The number of benzene rings is 2. The molecule has 0 unspecified atom stereocenters. The predicted octanol–water partition coefficient (Wildman–Crippen LogP) is 4.82. The van der Waals surface area contributed by atoms with Crippen molar-refractivity contribution >= 4 is 51.7 Å². The topological polar surface area (TPSA) is 67.9 Å². The molecule has 1 aliphatic heterocycles. The van der Waals surface area contributed by atoms with E-state index in [2.05, 4.69) is 5.32 Å². The minimum absolute atomic E-state index is 0.147. The van der Waals surface area contributed by atoms with E-state index in [4.69, 9.17) is 21.1 Å². The van der Waals surface area contributed by atoms with Crippen molar-refractivity contribution in [1.29, 1.82) is 0 Å². The molecule has 0 aliphatic carbocycles. The molecule has 6 nitrogen and oxygen atoms in total. The molecule has 0 saturated carbocycles. The van der Waals surface area contributed by atoms with Crippen molar-refractivity contribution in [2.45, 2.75) is 0 Å². The molecule has 1 aliphatic rings. The number of ether oxygens (including phenoxy) is 2. The third-order valence-corrected chi connectivity index (χ3v) is 5.72. The second-order valence-electron chi connectivity index (χ2n) is 6.31. The standard InChI is InChI=1S/C22H17ClN2O4S/c1-28-16-10-9-13(23)12-14(16)24-20-19(18-8-5-11-30-18)21(26)25(22(20)27)15-6-3-4-7-17(15)29-2/h3-12,24H,1-2H3. The van der Waals surface area contributed by atoms with Gasteiger partial charge < -0.3 is 14.8 Å². The first-order chi connectivity index (χ1) is 14.5. The Balaban J connectivity index is 1.84. The van der Waals surface area contributed by atoms with Crippen LogP contribution in [0.4, 0.5) is 11.4 Å². The Labute approximate surface area is 182 Å². The van der Waals surface area contributed by atoms with Crippen LogP contribution < -0.4 is 19.7 Å². The van der Waals surface area contributed by atoms with Crippen molar-refractivity contribution in [3.8, 4) is 11.5 Å². The molecule has 0 bridgehead atoms. The highest BCUT2D eigenvalue weighted by Crippen LogP contribution is 2.40. The van der Waals surface area contributed by atoms with Crippen LogP contribution in [0.2, 0.25) is 5.02 Å². The minimum Gasteiger partial charge on any atom is -0.495 e. The molecule has 152 valence electrons. The lowest BCUT2D eigenvalue weighted by molar-refractivity contribution is -0.120. The number of methoxy groups -OCH3 is 2. The largest absolute Gasteiger partial charge is 0.495 e. The van der Waals surface area contributed by atoms with Crippen LogP contribution in [-0.4, -0.2) is 26.0 Å². The number of carbonyl (C=O) groups is 2. The van der Waals surface area contributed by atoms with E-state index in [1.54, 1.807) is 48.5 Å². The zero-order valence-electron chi connectivity index (χ0n) is 16.1. The van der Waals surface area contributed by atoms with E-state index < -0.39 is 11.8 Å². The maximum atomic E-state index is 13.4. The second kappa shape index (κ2) is 8.22. The van der Waals surface area contributed by atoms with E-state index in [0.717, 1.165) is 4.90 Å². The summed E-state index contributed by atoms with van der Waals surface area (Å²) in [4.78, 5) is 28.6. The number of nitrogens with zero attached hydrogens (tertiary/aromatic N) is 1. The van der Waals surface area contributed by atoms with Crippen LogP contribution in [0.15, 0.2) is 65.7 Å². The Bertz CT molecular complexity index is 1160. The van der Waals surface area contributed by atoms with Gasteiger partial charge in [-0.05, 0) is 41.8 Å². The molecule has 4 rings (SSSR count). The Morgan fingerprint density at radius 3 is 2.40 bits per heavy atom. The summed E-state index contributed by atoms with van der Waals surface area (Å²) in [5.41, 5.74) is 1.29. The molecule has 30 heavy (non-hydrogen) atoms. The summed E-state index contributed by atoms with van der Waals surface area (Å²) >= 11 is 7.51. The van der Waals surface area contributed by atoms with Gasteiger partial charge >= 0.3 is 0 Å². The van der Waals surface area contributed by atoms with Crippen molar-refractivity contribution in [3.63, 3.8) is 0 Å². The molecule has 2 aromatic carbocycles. The first-order valence-corrected chi connectivity index (χ1v) is 10.2. The normalized spacial score (nSPS) is 13.8. The van der Waals surface area contributed by atoms with Crippen LogP contribution in [0, 0.1) is 0 Å². The molecule has 2 heterocycles. The predicted molar refractivity (Wildman–Crippen MR) is 118 cm³/mol. The lowest BCUT2D eigenvalue weighted by Crippen LogP contribution is -2.32. The Morgan fingerprint density at radius 2 is 1.70 bits per heavy atom. The lowest BCUT2D eigenvalue weighted by atomic mass is 10.1. The van der Waals surface area contributed by atoms with Crippen molar-refractivity contribution in [2.24, 2.45) is 0 Å². The van der Waals surface area contributed by atoms with Crippen molar-refractivity contribution < 1.29 is 19.1 Å². The van der Waals surface area contributed by atoms with Gasteiger partial charge in [-0.25, -0.2) is 4.90 Å². The van der Waals surface area contributed by atoms with E-state index in [-0.39, 0.29) is 11.3 Å². The average molecular weight is 441 g/mol. The quantitative estimate of drug-likeness (QED) is 0.557. The molecule has 1 N–H and O–H groups in total. The van der Waals surface area contributed by atoms with Crippen LogP contribution in [0.5, 0.6) is 11.5 Å². The van der Waals surface area contributed by atoms with Crippen molar-refractivity contribution in [1.82, 2.24) is 0 Å². The molecule has 2 amide bonds. The van der Waals surface area contributed by atoms with Crippen LogP contribution in [0.1, 0.15) is 4.88 Å². The van der Waals surface area contributed by atoms with Gasteiger partial charge in [-0.1, -0.05) is 29.8 Å². The number of carbonyl (C=O) groups excluding carboxylic acids is 2. The minimum atomic E-state index is -0.491. The van der Waals surface area contributed by atoms with Gasteiger partial charge in [-0.3, -0.25) is 9.59 Å². The number of nitrogens with one attached hydrogen (secondary N) is 1. The van der Waals surface area contributed by atoms with E-state index >= 15 is 0 Å². The zero-order valence-corrected chi connectivity index (χ0v) is 17.7. The fraction of sp³-hybridized carbons (Fsp3) is 0.0909. The zero-order chi connectivity index (χ0) is 21.3. The second-order valence-corrected chi connectivity index (χ2v) is 7.70. The van der Waals surface area contributed by atoms with Gasteiger partial charge in [-0.2, -0.15) is 0 Å². The molecular formula is C22H17ClN2O4S. The van der Waals surface area contributed by atoms with E-state index in [9.17, 15) is 9.59 Å². The number of rotatable bonds is 6. The number of thiophene rings is 1. The first kappa shape index (κ1) is 20.0. The monoisotopic (exact) mass is 440 g/mol. The van der Waals surface area contributed by atoms with Crippen LogP contribution in [0.25, 0.3) is 5.57 Å². The third kappa shape index (κ3) is 3.42. The highest BCUT2D eigenvalue weighted by Gasteiger charge is 2.42. The summed E-state index contributed by atoms with van der Waals surface area (Å²) < 4.78 is 10.7. The molecule has 0 radical (unpaired) electrons. The summed E-state index contributed by atoms with van der Waals surface area (Å²) in [7, 11) is 3.01. The molecule has 0 saturated heterocycles. The third-order valence-electron chi connectivity index (χ3n) is 4.60. The summed E-state index contributed by atoms with van der Waals surface area (Å²) in [6.45, 7) is 0. The fourth-order valence-corrected chi connectivity index (χ4v) is 4.18. The molecule has 0 spiro atoms. The highest BCUT2D eigenvalue weighted by atomic mass is 35.5. The molecular weight excluding hydrogens is 424 g/mol. The van der Waals surface area contributed by atoms with Crippen molar-refractivity contribution in [2.75, 3.05) is 24.4 Å². The highest BCUT2D eigenvalue weighted by molar-refractivity contribution is 7.11. The van der Waals surface area contributed by atoms with Gasteiger partial charge in [-0.15, -0.1) is 11.3 Å². The van der Waals surface area contributed by atoms with E-state index in [0.29, 0.717) is 32.8 Å². The van der Waals surface area contributed by atoms with Gasteiger partial charge in [0.2, 0.25) is 0 Å². The summed E-state index contributed by atoms with van der Waals surface area (Å²) in [5, 5.41) is 5.40. The number of imide groups is 1. The van der Waals surface area contributed by atoms with Crippen LogP contribution >= 0.6 is 22.9 Å². The molecule has 0 fully saturated rings.